The van der Waals surface area contributed by atoms with Gasteiger partial charge >= 0.3 is 0 Å². The van der Waals surface area contributed by atoms with Gasteiger partial charge in [-0.2, -0.15) is 0 Å². The molecule has 0 unspecified atom stereocenters. The minimum Gasteiger partial charge on any atom is -0.501 e. The predicted octanol–water partition coefficient (Wildman–Crippen LogP) is 1.53. The van der Waals surface area contributed by atoms with Crippen molar-refractivity contribution < 1.29 is 9.47 Å². The van der Waals surface area contributed by atoms with E-state index in [4.69, 9.17) is 9.47 Å². The molecule has 1 aliphatic carbocycles. The third-order valence-corrected chi connectivity index (χ3v) is 2.73. The van der Waals surface area contributed by atoms with E-state index in [0.717, 1.165) is 44.9 Å². The van der Waals surface area contributed by atoms with Crippen molar-refractivity contribution >= 4 is 0 Å². The average molecular weight is 195 g/mol. The Morgan fingerprint density at radius 2 is 2.07 bits per heavy atom. The Bertz CT molecular complexity index is 252. The maximum absolute atomic E-state index is 5.33. The lowest BCUT2D eigenvalue weighted by Crippen LogP contribution is -2.36. The summed E-state index contributed by atoms with van der Waals surface area (Å²) in [5, 5.41) is 0. The third kappa shape index (κ3) is 2.10. The van der Waals surface area contributed by atoms with E-state index in [1.165, 1.54) is 5.70 Å². The molecule has 2 aliphatic rings. The van der Waals surface area contributed by atoms with Gasteiger partial charge in [0.25, 0.3) is 0 Å². The fourth-order valence-corrected chi connectivity index (χ4v) is 1.90. The second kappa shape index (κ2) is 4.51. The molecule has 1 fully saturated rings. The summed E-state index contributed by atoms with van der Waals surface area (Å²) in [6.45, 7) is 3.73. The van der Waals surface area contributed by atoms with Gasteiger partial charge in [0.05, 0.1) is 26.1 Å². The number of methoxy groups -OCH3 is 1. The van der Waals surface area contributed by atoms with Gasteiger partial charge < -0.3 is 14.4 Å². The van der Waals surface area contributed by atoms with Crippen LogP contribution in [0, 0.1) is 0 Å². The summed E-state index contributed by atoms with van der Waals surface area (Å²) in [7, 11) is 1.74. The Morgan fingerprint density at radius 3 is 2.79 bits per heavy atom. The van der Waals surface area contributed by atoms with E-state index in [9.17, 15) is 0 Å². The lowest BCUT2D eigenvalue weighted by atomic mass is 10.1. The molecule has 78 valence electrons. The highest BCUT2D eigenvalue weighted by molar-refractivity contribution is 5.18. The fourth-order valence-electron chi connectivity index (χ4n) is 1.90. The van der Waals surface area contributed by atoms with Crippen LogP contribution in [0.5, 0.6) is 0 Å². The van der Waals surface area contributed by atoms with Crippen LogP contribution in [-0.4, -0.2) is 38.3 Å². The van der Waals surface area contributed by atoms with Crippen LogP contribution in [0.15, 0.2) is 23.6 Å². The van der Waals surface area contributed by atoms with Crippen LogP contribution in [-0.2, 0) is 9.47 Å². The van der Waals surface area contributed by atoms with Crippen molar-refractivity contribution in [1.82, 2.24) is 4.90 Å². The number of ether oxygens (including phenoxy) is 2. The average Bonchev–Trinajstić information content (AvgIpc) is 2.30. The van der Waals surface area contributed by atoms with E-state index in [0.29, 0.717) is 0 Å². The number of hydrogen-bond donors (Lipinski definition) is 0. The van der Waals surface area contributed by atoms with E-state index in [1.54, 1.807) is 7.11 Å². The molecule has 0 aromatic carbocycles. The minimum atomic E-state index is 0.851. The van der Waals surface area contributed by atoms with Crippen LogP contribution in [0.3, 0.4) is 0 Å². The second-order valence-corrected chi connectivity index (χ2v) is 3.58. The summed E-state index contributed by atoms with van der Waals surface area (Å²) in [6, 6.07) is 0. The fraction of sp³-hybridized carbons (Fsp3) is 0.636. The van der Waals surface area contributed by atoms with E-state index in [2.05, 4.69) is 17.1 Å². The molecule has 3 heteroatoms. The van der Waals surface area contributed by atoms with Gasteiger partial charge in [-0.15, -0.1) is 0 Å². The van der Waals surface area contributed by atoms with E-state index in [1.807, 2.05) is 0 Å². The largest absolute Gasteiger partial charge is 0.501 e. The zero-order valence-electron chi connectivity index (χ0n) is 8.66. The molecule has 2 rings (SSSR count). The summed E-state index contributed by atoms with van der Waals surface area (Å²) in [4.78, 5) is 2.40. The van der Waals surface area contributed by atoms with E-state index in [-0.39, 0.29) is 0 Å². The molecular formula is C11H17NO2. The lowest BCUT2D eigenvalue weighted by molar-refractivity contribution is 0.0513. The normalized spacial score (nSPS) is 22.8. The van der Waals surface area contributed by atoms with Gasteiger partial charge in [0.15, 0.2) is 0 Å². The van der Waals surface area contributed by atoms with Crippen LogP contribution in [0.25, 0.3) is 0 Å². The molecule has 1 saturated heterocycles. The Kier molecular flexibility index (Phi) is 3.09. The van der Waals surface area contributed by atoms with Crippen molar-refractivity contribution in [1.29, 1.82) is 0 Å². The van der Waals surface area contributed by atoms with E-state index < -0.39 is 0 Å². The molecule has 0 saturated carbocycles. The SMILES string of the molecule is COC1=CCC=C(N2CCOCC2)C1. The predicted molar refractivity (Wildman–Crippen MR) is 54.8 cm³/mol. The minimum absolute atomic E-state index is 0.851. The van der Waals surface area contributed by atoms with Gasteiger partial charge in [-0.05, 0) is 12.5 Å². The summed E-state index contributed by atoms with van der Waals surface area (Å²) in [5.41, 5.74) is 1.40. The number of allylic oxidation sites excluding steroid dienone is 2. The maximum Gasteiger partial charge on any atom is 0.0977 e. The highest BCUT2D eigenvalue weighted by Crippen LogP contribution is 2.22. The molecule has 1 heterocycles. The van der Waals surface area contributed by atoms with Gasteiger partial charge in [0.1, 0.15) is 0 Å². The highest BCUT2D eigenvalue weighted by atomic mass is 16.5. The van der Waals surface area contributed by atoms with Gasteiger partial charge in [-0.25, -0.2) is 0 Å². The molecule has 0 spiro atoms. The van der Waals surface area contributed by atoms with Crippen LogP contribution >= 0.6 is 0 Å². The Hall–Kier alpha value is -0.960. The van der Waals surface area contributed by atoms with Crippen molar-refractivity contribution in [2.45, 2.75) is 12.8 Å². The molecule has 0 radical (unpaired) electrons. The van der Waals surface area contributed by atoms with Crippen LogP contribution < -0.4 is 0 Å². The highest BCUT2D eigenvalue weighted by Gasteiger charge is 2.16. The molecular weight excluding hydrogens is 178 g/mol. The molecule has 0 aromatic rings. The lowest BCUT2D eigenvalue weighted by Gasteiger charge is -2.32. The zero-order chi connectivity index (χ0) is 9.80. The smallest absolute Gasteiger partial charge is 0.0977 e. The summed E-state index contributed by atoms with van der Waals surface area (Å²) in [6.07, 6.45) is 6.37. The molecule has 0 atom stereocenters. The standard InChI is InChI=1S/C11H17NO2/c1-13-11-4-2-3-10(9-11)12-5-7-14-8-6-12/h3-4H,2,5-9H2,1H3. The number of morpholine rings is 1. The maximum atomic E-state index is 5.33. The molecule has 1 aliphatic heterocycles. The summed E-state index contributed by atoms with van der Waals surface area (Å²) in [5.74, 6) is 1.09. The van der Waals surface area contributed by atoms with Crippen molar-refractivity contribution in [2.75, 3.05) is 33.4 Å². The van der Waals surface area contributed by atoms with Crippen LogP contribution in [0.1, 0.15) is 12.8 Å². The first-order chi connectivity index (χ1) is 6.90. The quantitative estimate of drug-likeness (QED) is 0.667. The molecule has 0 bridgehead atoms. The summed E-state index contributed by atoms with van der Waals surface area (Å²) < 4.78 is 10.6. The monoisotopic (exact) mass is 195 g/mol. The number of nitrogens with zero attached hydrogens (tertiary/aromatic N) is 1. The molecule has 0 amide bonds. The number of rotatable bonds is 2. The van der Waals surface area contributed by atoms with Gasteiger partial charge in [0.2, 0.25) is 0 Å². The Morgan fingerprint density at radius 1 is 1.29 bits per heavy atom. The molecule has 14 heavy (non-hydrogen) atoms. The van der Waals surface area contributed by atoms with Crippen molar-refractivity contribution in [3.63, 3.8) is 0 Å². The zero-order valence-corrected chi connectivity index (χ0v) is 8.66. The Balaban J connectivity index is 1.94. The second-order valence-electron chi connectivity index (χ2n) is 3.58. The number of hydrogen-bond acceptors (Lipinski definition) is 3. The van der Waals surface area contributed by atoms with Crippen LogP contribution in [0.4, 0.5) is 0 Å². The van der Waals surface area contributed by atoms with Crippen LogP contribution in [0.2, 0.25) is 0 Å². The Labute approximate surface area is 85.0 Å². The first-order valence-corrected chi connectivity index (χ1v) is 5.15. The van der Waals surface area contributed by atoms with Crippen molar-refractivity contribution in [3.8, 4) is 0 Å². The van der Waals surface area contributed by atoms with Gasteiger partial charge in [-0.1, -0.05) is 6.08 Å². The third-order valence-electron chi connectivity index (χ3n) is 2.73. The topological polar surface area (TPSA) is 21.7 Å². The molecule has 3 nitrogen and oxygen atoms in total. The van der Waals surface area contributed by atoms with Gasteiger partial charge in [0, 0.05) is 25.2 Å². The first-order valence-electron chi connectivity index (χ1n) is 5.15. The van der Waals surface area contributed by atoms with Gasteiger partial charge in [-0.3, -0.25) is 0 Å². The molecule has 0 N–H and O–H groups in total. The van der Waals surface area contributed by atoms with E-state index >= 15 is 0 Å². The summed E-state index contributed by atoms with van der Waals surface area (Å²) >= 11 is 0. The first kappa shape index (κ1) is 9.59. The van der Waals surface area contributed by atoms with Crippen molar-refractivity contribution in [3.05, 3.63) is 23.6 Å². The van der Waals surface area contributed by atoms with Crippen molar-refractivity contribution in [2.24, 2.45) is 0 Å². The molecule has 0 aromatic heterocycles.